The van der Waals surface area contributed by atoms with E-state index < -0.39 is 12.4 Å². The molecule has 0 aromatic carbocycles. The molecule has 1 aliphatic heterocycles. The zero-order valence-corrected chi connectivity index (χ0v) is 10.4. The van der Waals surface area contributed by atoms with E-state index in [0.29, 0.717) is 6.61 Å². The lowest BCUT2D eigenvalue weighted by atomic mass is 9.88. The predicted molar refractivity (Wildman–Crippen MR) is 67.6 cm³/mol. The summed E-state index contributed by atoms with van der Waals surface area (Å²) in [4.78, 5) is 0. The lowest BCUT2D eigenvalue weighted by molar-refractivity contribution is -0.151. The molecule has 100 valence electrons. The van der Waals surface area contributed by atoms with E-state index in [9.17, 15) is 10.2 Å². The van der Waals surface area contributed by atoms with E-state index in [1.165, 1.54) is 0 Å². The number of unbranched alkanes of at least 4 members (excludes halogenated alkanes) is 1. The molecule has 0 amide bonds. The van der Waals surface area contributed by atoms with Gasteiger partial charge >= 0.3 is 0 Å². The van der Waals surface area contributed by atoms with Gasteiger partial charge in [-0.3, -0.25) is 0 Å². The molecule has 0 saturated carbocycles. The van der Waals surface area contributed by atoms with E-state index in [0.717, 1.165) is 18.4 Å². The van der Waals surface area contributed by atoms with Gasteiger partial charge in [-0.1, -0.05) is 12.2 Å². The summed E-state index contributed by atoms with van der Waals surface area (Å²) in [5, 5.41) is 19.2. The Morgan fingerprint density at radius 3 is 3.06 bits per heavy atom. The van der Waals surface area contributed by atoms with Crippen molar-refractivity contribution in [3.63, 3.8) is 0 Å². The normalized spacial score (nSPS) is 33.8. The van der Waals surface area contributed by atoms with Crippen molar-refractivity contribution in [2.24, 2.45) is 11.8 Å². The van der Waals surface area contributed by atoms with E-state index in [1.54, 1.807) is 12.3 Å². The second kappa shape index (κ2) is 6.18. The summed E-state index contributed by atoms with van der Waals surface area (Å²) in [6.45, 7) is 4.18. The highest BCUT2D eigenvalue weighted by atomic mass is 16.7. The van der Waals surface area contributed by atoms with Crippen molar-refractivity contribution in [3.8, 4) is 0 Å². The molecular formula is C14H20O4. The van der Waals surface area contributed by atoms with Crippen LogP contribution in [-0.4, -0.2) is 35.8 Å². The average molecular weight is 252 g/mol. The maximum Gasteiger partial charge on any atom is 0.206 e. The van der Waals surface area contributed by atoms with Crippen molar-refractivity contribution in [3.05, 3.63) is 36.6 Å². The standard InChI is InChI=1S/C14H20O4/c1-2-3-4-6-17-14-13-10(9-15)8-12(16)11(13)5-7-18-14/h2,5,7-8,11-16H,1,3-4,6,9H2/t11-,12+,13+,14+/m0/s1. The number of hydrogen-bond acceptors (Lipinski definition) is 4. The third-order valence-electron chi connectivity index (χ3n) is 3.45. The SMILES string of the molecule is C=CCCCO[C@@H]1OC=C[C@@H]2[C@H]1C(CO)=C[C@H]2O. The van der Waals surface area contributed by atoms with Crippen molar-refractivity contribution < 1.29 is 19.7 Å². The van der Waals surface area contributed by atoms with Crippen LogP contribution in [0, 0.1) is 11.8 Å². The quantitative estimate of drug-likeness (QED) is 0.553. The van der Waals surface area contributed by atoms with E-state index in [1.807, 2.05) is 12.2 Å². The molecule has 4 atom stereocenters. The molecule has 0 aromatic heterocycles. The lowest BCUT2D eigenvalue weighted by Crippen LogP contribution is -2.36. The molecule has 0 spiro atoms. The number of aliphatic hydroxyl groups excluding tert-OH is 2. The van der Waals surface area contributed by atoms with Gasteiger partial charge in [0.1, 0.15) is 0 Å². The number of aliphatic hydroxyl groups is 2. The number of hydrogen-bond donors (Lipinski definition) is 2. The Balaban J connectivity index is 1.97. The van der Waals surface area contributed by atoms with Crippen molar-refractivity contribution in [2.45, 2.75) is 25.2 Å². The maximum atomic E-state index is 9.89. The number of fused-ring (bicyclic) bond motifs is 1. The molecule has 2 aliphatic rings. The topological polar surface area (TPSA) is 58.9 Å². The molecular weight excluding hydrogens is 232 g/mol. The van der Waals surface area contributed by atoms with Gasteiger partial charge in [0.15, 0.2) is 0 Å². The summed E-state index contributed by atoms with van der Waals surface area (Å²) < 4.78 is 11.2. The van der Waals surface area contributed by atoms with Gasteiger partial charge in [-0.05, 0) is 24.5 Å². The summed E-state index contributed by atoms with van der Waals surface area (Å²) in [6, 6.07) is 0. The summed E-state index contributed by atoms with van der Waals surface area (Å²) >= 11 is 0. The monoisotopic (exact) mass is 252 g/mol. The van der Waals surface area contributed by atoms with Crippen LogP contribution in [0.3, 0.4) is 0 Å². The van der Waals surface area contributed by atoms with Gasteiger partial charge < -0.3 is 19.7 Å². The van der Waals surface area contributed by atoms with Crippen molar-refractivity contribution >= 4 is 0 Å². The van der Waals surface area contributed by atoms with Crippen molar-refractivity contribution in [1.82, 2.24) is 0 Å². The molecule has 0 fully saturated rings. The van der Waals surface area contributed by atoms with Crippen LogP contribution in [0.2, 0.25) is 0 Å². The van der Waals surface area contributed by atoms with Crippen LogP contribution in [0.15, 0.2) is 36.6 Å². The van der Waals surface area contributed by atoms with Gasteiger partial charge in [-0.15, -0.1) is 6.58 Å². The Hall–Kier alpha value is -1.10. The van der Waals surface area contributed by atoms with Crippen LogP contribution in [-0.2, 0) is 9.47 Å². The molecule has 0 unspecified atom stereocenters. The Bertz CT molecular complexity index is 348. The zero-order valence-electron chi connectivity index (χ0n) is 10.4. The number of ether oxygens (including phenoxy) is 2. The fraction of sp³-hybridized carbons (Fsp3) is 0.571. The van der Waals surface area contributed by atoms with Gasteiger partial charge in [0.25, 0.3) is 0 Å². The molecule has 0 saturated heterocycles. The number of allylic oxidation sites excluding steroid dienone is 1. The highest BCUT2D eigenvalue weighted by Crippen LogP contribution is 2.39. The third-order valence-corrected chi connectivity index (χ3v) is 3.45. The smallest absolute Gasteiger partial charge is 0.206 e. The van der Waals surface area contributed by atoms with Gasteiger partial charge in [0.05, 0.1) is 31.5 Å². The van der Waals surface area contributed by atoms with Crippen LogP contribution in [0.1, 0.15) is 12.8 Å². The first kappa shape index (κ1) is 13.3. The average Bonchev–Trinajstić information content (AvgIpc) is 2.73. The fourth-order valence-electron chi connectivity index (χ4n) is 2.52. The second-order valence-corrected chi connectivity index (χ2v) is 4.63. The molecule has 1 aliphatic carbocycles. The molecule has 2 rings (SSSR count). The van der Waals surface area contributed by atoms with Crippen molar-refractivity contribution in [1.29, 1.82) is 0 Å². The molecule has 2 N–H and O–H groups in total. The van der Waals surface area contributed by atoms with Gasteiger partial charge in [-0.2, -0.15) is 0 Å². The molecule has 0 bridgehead atoms. The molecule has 0 aromatic rings. The van der Waals surface area contributed by atoms with Crippen LogP contribution >= 0.6 is 0 Å². The summed E-state index contributed by atoms with van der Waals surface area (Å²) in [6.07, 6.45) is 7.79. The molecule has 18 heavy (non-hydrogen) atoms. The van der Waals surface area contributed by atoms with Crippen LogP contribution < -0.4 is 0 Å². The molecule has 4 nitrogen and oxygen atoms in total. The second-order valence-electron chi connectivity index (χ2n) is 4.63. The van der Waals surface area contributed by atoms with E-state index in [4.69, 9.17) is 9.47 Å². The van der Waals surface area contributed by atoms with Crippen LogP contribution in [0.25, 0.3) is 0 Å². The minimum Gasteiger partial charge on any atom is -0.472 e. The highest BCUT2D eigenvalue weighted by molar-refractivity contribution is 5.25. The summed E-state index contributed by atoms with van der Waals surface area (Å²) in [5.41, 5.74) is 0.797. The Morgan fingerprint density at radius 1 is 1.50 bits per heavy atom. The van der Waals surface area contributed by atoms with E-state index in [2.05, 4.69) is 6.58 Å². The minimum absolute atomic E-state index is 0.0506. The Labute approximate surface area is 107 Å². The number of rotatable bonds is 6. The largest absolute Gasteiger partial charge is 0.472 e. The minimum atomic E-state index is -0.559. The zero-order chi connectivity index (χ0) is 13.0. The molecule has 4 heteroatoms. The third kappa shape index (κ3) is 2.66. The van der Waals surface area contributed by atoms with Crippen LogP contribution in [0.5, 0.6) is 0 Å². The molecule has 1 heterocycles. The molecule has 0 radical (unpaired) electrons. The summed E-state index contributed by atoms with van der Waals surface area (Å²) in [7, 11) is 0. The Kier molecular flexibility index (Phi) is 4.58. The first-order valence-corrected chi connectivity index (χ1v) is 6.32. The summed E-state index contributed by atoms with van der Waals surface area (Å²) in [5.74, 6) is -0.135. The van der Waals surface area contributed by atoms with Gasteiger partial charge in [-0.25, -0.2) is 0 Å². The highest BCUT2D eigenvalue weighted by Gasteiger charge is 2.42. The van der Waals surface area contributed by atoms with Gasteiger partial charge in [0, 0.05) is 5.92 Å². The Morgan fingerprint density at radius 2 is 2.33 bits per heavy atom. The first-order chi connectivity index (χ1) is 8.77. The van der Waals surface area contributed by atoms with E-state index in [-0.39, 0.29) is 18.4 Å². The fourth-order valence-corrected chi connectivity index (χ4v) is 2.52. The first-order valence-electron chi connectivity index (χ1n) is 6.32. The van der Waals surface area contributed by atoms with Gasteiger partial charge in [0.2, 0.25) is 6.29 Å². The van der Waals surface area contributed by atoms with E-state index >= 15 is 0 Å². The lowest BCUT2D eigenvalue weighted by Gasteiger charge is -2.32. The van der Waals surface area contributed by atoms with Crippen LogP contribution in [0.4, 0.5) is 0 Å². The predicted octanol–water partition coefficient (Wildman–Crippen LogP) is 1.36. The van der Waals surface area contributed by atoms with Crippen molar-refractivity contribution in [2.75, 3.05) is 13.2 Å². The maximum absolute atomic E-state index is 9.89.